The molecule has 21 heavy (non-hydrogen) atoms. The SMILES string of the molecule is Cc1ccc(NC(=O)Nc2c(C)cccc2[N+](=O)[O-])cc1. The molecule has 0 atom stereocenters. The van der Waals surface area contributed by atoms with Crippen LogP contribution in [0, 0.1) is 24.0 Å². The number of urea groups is 1. The molecule has 0 fully saturated rings. The van der Waals surface area contributed by atoms with Gasteiger partial charge in [-0.25, -0.2) is 4.79 Å². The first-order valence-corrected chi connectivity index (χ1v) is 6.36. The van der Waals surface area contributed by atoms with Crippen molar-refractivity contribution in [2.75, 3.05) is 10.6 Å². The minimum atomic E-state index is -0.519. The van der Waals surface area contributed by atoms with Crippen molar-refractivity contribution in [2.45, 2.75) is 13.8 Å². The Kier molecular flexibility index (Phi) is 4.18. The number of aryl methyl sites for hydroxylation is 2. The van der Waals surface area contributed by atoms with Crippen LogP contribution in [0.4, 0.5) is 21.9 Å². The van der Waals surface area contributed by atoms with Gasteiger partial charge in [0.25, 0.3) is 5.69 Å². The molecule has 6 heteroatoms. The van der Waals surface area contributed by atoms with Crippen LogP contribution in [-0.2, 0) is 0 Å². The minimum Gasteiger partial charge on any atom is -0.308 e. The van der Waals surface area contributed by atoms with Crippen LogP contribution in [0.3, 0.4) is 0 Å². The van der Waals surface area contributed by atoms with Crippen LogP contribution in [0.25, 0.3) is 0 Å². The Bertz CT molecular complexity index is 681. The number of nitro groups is 1. The third kappa shape index (κ3) is 3.56. The topological polar surface area (TPSA) is 84.3 Å². The number of benzene rings is 2. The molecule has 2 N–H and O–H groups in total. The molecule has 0 saturated heterocycles. The van der Waals surface area contributed by atoms with Gasteiger partial charge in [-0.15, -0.1) is 0 Å². The van der Waals surface area contributed by atoms with Gasteiger partial charge in [0.15, 0.2) is 0 Å². The number of anilines is 2. The normalized spacial score (nSPS) is 10.0. The van der Waals surface area contributed by atoms with E-state index in [0.717, 1.165) is 5.56 Å². The Morgan fingerprint density at radius 1 is 1.05 bits per heavy atom. The highest BCUT2D eigenvalue weighted by atomic mass is 16.6. The molecule has 0 bridgehead atoms. The predicted octanol–water partition coefficient (Wildman–Crippen LogP) is 3.86. The summed E-state index contributed by atoms with van der Waals surface area (Å²) in [7, 11) is 0. The molecule has 0 unspecified atom stereocenters. The summed E-state index contributed by atoms with van der Waals surface area (Å²) in [4.78, 5) is 22.4. The molecule has 108 valence electrons. The standard InChI is InChI=1S/C15H15N3O3/c1-10-6-8-12(9-7-10)16-15(19)17-14-11(2)4-3-5-13(14)18(20)21/h3-9H,1-2H3,(H2,16,17,19). The average Bonchev–Trinajstić information content (AvgIpc) is 2.43. The van der Waals surface area contributed by atoms with Crippen LogP contribution in [0.15, 0.2) is 42.5 Å². The first-order chi connectivity index (χ1) is 9.97. The van der Waals surface area contributed by atoms with Crippen molar-refractivity contribution in [1.82, 2.24) is 0 Å². The Balaban J connectivity index is 2.16. The van der Waals surface area contributed by atoms with Crippen LogP contribution in [-0.4, -0.2) is 11.0 Å². The van der Waals surface area contributed by atoms with Crippen LogP contribution in [0.5, 0.6) is 0 Å². The molecule has 0 spiro atoms. The number of carbonyl (C=O) groups excluding carboxylic acids is 1. The maximum Gasteiger partial charge on any atom is 0.323 e. The summed E-state index contributed by atoms with van der Waals surface area (Å²) in [5.41, 5.74) is 2.40. The number of carbonyl (C=O) groups is 1. The number of nitrogens with zero attached hydrogens (tertiary/aromatic N) is 1. The lowest BCUT2D eigenvalue weighted by Crippen LogP contribution is -2.20. The van der Waals surface area contributed by atoms with Crippen molar-refractivity contribution in [3.05, 3.63) is 63.7 Å². The van der Waals surface area contributed by atoms with Gasteiger partial charge >= 0.3 is 6.03 Å². The van der Waals surface area contributed by atoms with E-state index < -0.39 is 11.0 Å². The van der Waals surface area contributed by atoms with Gasteiger partial charge in [0.1, 0.15) is 5.69 Å². The second kappa shape index (κ2) is 6.04. The third-order valence-electron chi connectivity index (χ3n) is 3.00. The molecule has 2 aromatic carbocycles. The fourth-order valence-electron chi connectivity index (χ4n) is 1.88. The molecule has 0 saturated carbocycles. The molecule has 0 aliphatic rings. The van der Waals surface area contributed by atoms with Gasteiger partial charge in [-0.3, -0.25) is 10.1 Å². The molecule has 6 nitrogen and oxygen atoms in total. The van der Waals surface area contributed by atoms with Crippen LogP contribution < -0.4 is 10.6 Å². The largest absolute Gasteiger partial charge is 0.323 e. The van der Waals surface area contributed by atoms with Crippen molar-refractivity contribution < 1.29 is 9.72 Å². The Morgan fingerprint density at radius 3 is 2.33 bits per heavy atom. The van der Waals surface area contributed by atoms with Crippen molar-refractivity contribution >= 4 is 23.1 Å². The lowest BCUT2D eigenvalue weighted by Gasteiger charge is -2.10. The molecule has 0 heterocycles. The Morgan fingerprint density at radius 2 is 1.71 bits per heavy atom. The predicted molar refractivity (Wildman–Crippen MR) is 81.7 cm³/mol. The van der Waals surface area contributed by atoms with E-state index in [1.165, 1.54) is 6.07 Å². The fourth-order valence-corrected chi connectivity index (χ4v) is 1.88. The minimum absolute atomic E-state index is 0.131. The molecule has 0 aliphatic carbocycles. The monoisotopic (exact) mass is 285 g/mol. The molecular formula is C15H15N3O3. The van der Waals surface area contributed by atoms with E-state index in [4.69, 9.17) is 0 Å². The van der Waals surface area contributed by atoms with Crippen molar-refractivity contribution in [3.8, 4) is 0 Å². The maximum absolute atomic E-state index is 11.9. The number of hydrogen-bond donors (Lipinski definition) is 2. The summed E-state index contributed by atoms with van der Waals surface area (Å²) in [5.74, 6) is 0. The zero-order valence-electron chi connectivity index (χ0n) is 11.7. The highest BCUT2D eigenvalue weighted by Gasteiger charge is 2.17. The van der Waals surface area contributed by atoms with E-state index in [9.17, 15) is 14.9 Å². The second-order valence-electron chi connectivity index (χ2n) is 4.67. The van der Waals surface area contributed by atoms with Crippen molar-refractivity contribution in [2.24, 2.45) is 0 Å². The highest BCUT2D eigenvalue weighted by Crippen LogP contribution is 2.27. The van der Waals surface area contributed by atoms with E-state index in [2.05, 4.69) is 10.6 Å². The van der Waals surface area contributed by atoms with E-state index in [1.807, 2.05) is 19.1 Å². The van der Waals surface area contributed by atoms with E-state index >= 15 is 0 Å². The second-order valence-corrected chi connectivity index (χ2v) is 4.67. The first kappa shape index (κ1) is 14.5. The number of rotatable bonds is 3. The molecule has 0 aliphatic heterocycles. The van der Waals surface area contributed by atoms with Gasteiger partial charge in [-0.05, 0) is 31.5 Å². The van der Waals surface area contributed by atoms with Crippen LogP contribution >= 0.6 is 0 Å². The van der Waals surface area contributed by atoms with Gasteiger partial charge in [-0.2, -0.15) is 0 Å². The quantitative estimate of drug-likeness (QED) is 0.663. The van der Waals surface area contributed by atoms with Gasteiger partial charge in [-0.1, -0.05) is 29.8 Å². The molecular weight excluding hydrogens is 270 g/mol. The first-order valence-electron chi connectivity index (χ1n) is 6.36. The smallest absolute Gasteiger partial charge is 0.308 e. The number of amides is 2. The Hall–Kier alpha value is -2.89. The summed E-state index contributed by atoms with van der Waals surface area (Å²) < 4.78 is 0. The van der Waals surface area contributed by atoms with Crippen molar-refractivity contribution in [3.63, 3.8) is 0 Å². The summed E-state index contributed by atoms with van der Waals surface area (Å²) in [6.07, 6.45) is 0. The van der Waals surface area contributed by atoms with Gasteiger partial charge in [0.05, 0.1) is 4.92 Å². The third-order valence-corrected chi connectivity index (χ3v) is 3.00. The zero-order chi connectivity index (χ0) is 15.4. The number of para-hydroxylation sites is 1. The average molecular weight is 285 g/mol. The lowest BCUT2D eigenvalue weighted by molar-refractivity contribution is -0.383. The van der Waals surface area contributed by atoms with Crippen LogP contribution in [0.2, 0.25) is 0 Å². The summed E-state index contributed by atoms with van der Waals surface area (Å²) in [6, 6.07) is 11.4. The van der Waals surface area contributed by atoms with E-state index in [0.29, 0.717) is 11.3 Å². The highest BCUT2D eigenvalue weighted by molar-refractivity contribution is 6.01. The molecule has 0 aromatic heterocycles. The maximum atomic E-state index is 11.9. The summed E-state index contributed by atoms with van der Waals surface area (Å²) >= 11 is 0. The molecule has 0 radical (unpaired) electrons. The Labute approximate surface area is 121 Å². The van der Waals surface area contributed by atoms with E-state index in [1.54, 1.807) is 31.2 Å². The van der Waals surface area contributed by atoms with E-state index in [-0.39, 0.29) is 11.4 Å². The van der Waals surface area contributed by atoms with Crippen molar-refractivity contribution in [1.29, 1.82) is 0 Å². The summed E-state index contributed by atoms with van der Waals surface area (Å²) in [6.45, 7) is 3.65. The van der Waals surface area contributed by atoms with Gasteiger partial charge < -0.3 is 10.6 Å². The zero-order valence-corrected chi connectivity index (χ0v) is 11.7. The molecule has 2 aromatic rings. The number of hydrogen-bond acceptors (Lipinski definition) is 3. The number of nitrogens with one attached hydrogen (secondary N) is 2. The summed E-state index contributed by atoms with van der Waals surface area (Å²) in [5, 5.41) is 16.2. The van der Waals surface area contributed by atoms with Gasteiger partial charge in [0.2, 0.25) is 0 Å². The fraction of sp³-hybridized carbons (Fsp3) is 0.133. The number of nitro benzene ring substituents is 1. The molecule has 2 amide bonds. The lowest BCUT2D eigenvalue weighted by atomic mass is 10.1. The molecule has 2 rings (SSSR count). The van der Waals surface area contributed by atoms with Crippen LogP contribution in [0.1, 0.15) is 11.1 Å². The van der Waals surface area contributed by atoms with Gasteiger partial charge in [0, 0.05) is 11.8 Å².